The average molecular weight is 484 g/mol. The Morgan fingerprint density at radius 3 is 2.53 bits per heavy atom. The molecule has 1 aromatic heterocycles. The molecule has 32 heavy (non-hydrogen) atoms. The molecule has 1 fully saturated rings. The van der Waals surface area contributed by atoms with Crippen LogP contribution in [0.3, 0.4) is 0 Å². The highest BCUT2D eigenvalue weighted by molar-refractivity contribution is 7.89. The highest BCUT2D eigenvalue weighted by Crippen LogP contribution is 2.24. The number of halogens is 1. The maximum absolute atomic E-state index is 13.3. The van der Waals surface area contributed by atoms with Crippen LogP contribution >= 0.6 is 11.6 Å². The summed E-state index contributed by atoms with van der Waals surface area (Å²) in [6, 6.07) is 7.38. The van der Waals surface area contributed by atoms with Gasteiger partial charge in [0.2, 0.25) is 5.03 Å². The molecule has 2 aromatic rings. The van der Waals surface area contributed by atoms with Gasteiger partial charge in [-0.25, -0.2) is 8.42 Å². The van der Waals surface area contributed by atoms with Crippen LogP contribution < -0.4 is 10.2 Å². The fourth-order valence-corrected chi connectivity index (χ4v) is 5.06. The Morgan fingerprint density at radius 1 is 1.19 bits per heavy atom. The second kappa shape index (κ2) is 10.3. The smallest absolute Gasteiger partial charge is 0.325 e. The Balaban J connectivity index is 1.76. The molecule has 0 atom stereocenters. The maximum atomic E-state index is 13.3. The van der Waals surface area contributed by atoms with E-state index in [1.807, 2.05) is 18.2 Å². The summed E-state index contributed by atoms with van der Waals surface area (Å²) in [5, 5.41) is 6.82. The first kappa shape index (κ1) is 24.0. The van der Waals surface area contributed by atoms with Crippen molar-refractivity contribution in [3.63, 3.8) is 0 Å². The number of rotatable bonds is 8. The number of hydrogen-bond donors (Lipinski definition) is 1. The van der Waals surface area contributed by atoms with Gasteiger partial charge in [-0.2, -0.15) is 9.40 Å². The molecule has 0 unspecified atom stereocenters. The van der Waals surface area contributed by atoms with Crippen LogP contribution in [0, 0.1) is 0 Å². The third-order valence-corrected chi connectivity index (χ3v) is 7.06. The summed E-state index contributed by atoms with van der Waals surface area (Å²) in [6.07, 6.45) is 1.37. The zero-order valence-electron chi connectivity index (χ0n) is 18.0. The fourth-order valence-electron chi connectivity index (χ4n) is 3.35. The third-order valence-electron chi connectivity index (χ3n) is 4.99. The van der Waals surface area contributed by atoms with Gasteiger partial charge in [0.05, 0.1) is 12.2 Å². The molecule has 12 heteroatoms. The minimum Gasteiger partial charge on any atom is -0.465 e. The first-order chi connectivity index (χ1) is 15.3. The highest BCUT2D eigenvalue weighted by atomic mass is 35.5. The van der Waals surface area contributed by atoms with Gasteiger partial charge >= 0.3 is 5.97 Å². The first-order valence-electron chi connectivity index (χ1n) is 10.3. The van der Waals surface area contributed by atoms with Crippen LogP contribution in [0.25, 0.3) is 0 Å². The molecule has 174 valence electrons. The number of carbonyl (C=O) groups excluding carboxylic acids is 2. The van der Waals surface area contributed by atoms with Crippen LogP contribution in [0.2, 0.25) is 5.02 Å². The zero-order chi connectivity index (χ0) is 23.3. The Bertz CT molecular complexity index is 1080. The van der Waals surface area contributed by atoms with Gasteiger partial charge in [0.15, 0.2) is 0 Å². The molecule has 0 bridgehead atoms. The summed E-state index contributed by atoms with van der Waals surface area (Å²) in [4.78, 5) is 26.2. The molecular formula is C20H26ClN5O5S. The largest absolute Gasteiger partial charge is 0.465 e. The number of sulfonamides is 1. The molecule has 0 saturated carbocycles. The molecule has 1 saturated heterocycles. The van der Waals surface area contributed by atoms with E-state index in [1.54, 1.807) is 19.9 Å². The summed E-state index contributed by atoms with van der Waals surface area (Å²) in [6.45, 7) is 5.06. The van der Waals surface area contributed by atoms with Gasteiger partial charge in [-0.05, 0) is 32.0 Å². The van der Waals surface area contributed by atoms with Crippen LogP contribution in [-0.2, 0) is 26.1 Å². The van der Waals surface area contributed by atoms with E-state index < -0.39 is 21.9 Å². The minimum absolute atomic E-state index is 0.103. The standard InChI is InChI=1S/C20H26ClN5O5S/c1-3-25-14-17(19(28)22-13-18(27)31-4-2)20(23-25)32(29,30)26-10-8-24(9-11-26)16-7-5-6-15(21)12-16/h5-7,12,14H,3-4,8-11,13H2,1-2H3,(H,22,28). The topological polar surface area (TPSA) is 114 Å². The molecule has 1 N–H and O–H groups in total. The maximum Gasteiger partial charge on any atom is 0.325 e. The number of ether oxygens (including phenoxy) is 1. The molecule has 1 aliphatic rings. The van der Waals surface area contributed by atoms with E-state index in [0.29, 0.717) is 24.7 Å². The lowest BCUT2D eigenvalue weighted by atomic mass is 10.2. The number of nitrogens with zero attached hydrogens (tertiary/aromatic N) is 4. The lowest BCUT2D eigenvalue weighted by Crippen LogP contribution is -2.49. The van der Waals surface area contributed by atoms with Crippen molar-refractivity contribution in [3.8, 4) is 0 Å². The van der Waals surface area contributed by atoms with Crippen molar-refractivity contribution >= 4 is 39.2 Å². The molecule has 10 nitrogen and oxygen atoms in total. The molecule has 0 aliphatic carbocycles. The number of piperazine rings is 1. The quantitative estimate of drug-likeness (QED) is 0.564. The monoisotopic (exact) mass is 483 g/mol. The van der Waals surface area contributed by atoms with Crippen LogP contribution in [0.15, 0.2) is 35.5 Å². The Morgan fingerprint density at radius 2 is 1.91 bits per heavy atom. The van der Waals surface area contributed by atoms with Crippen molar-refractivity contribution in [1.29, 1.82) is 0 Å². The molecule has 1 aromatic carbocycles. The van der Waals surface area contributed by atoms with Crippen LogP contribution in [0.1, 0.15) is 24.2 Å². The summed E-state index contributed by atoms with van der Waals surface area (Å²) in [5.74, 6) is -1.31. The predicted octanol–water partition coefficient (Wildman–Crippen LogP) is 1.36. The molecule has 2 heterocycles. The van der Waals surface area contributed by atoms with Gasteiger partial charge < -0.3 is 15.0 Å². The summed E-state index contributed by atoms with van der Waals surface area (Å²) in [5.41, 5.74) is 0.817. The summed E-state index contributed by atoms with van der Waals surface area (Å²) >= 11 is 6.06. The van der Waals surface area contributed by atoms with Gasteiger partial charge in [-0.15, -0.1) is 0 Å². The van der Waals surface area contributed by atoms with E-state index in [-0.39, 0.29) is 36.8 Å². The summed E-state index contributed by atoms with van der Waals surface area (Å²) < 4.78 is 34.1. The van der Waals surface area contributed by atoms with Crippen LogP contribution in [0.4, 0.5) is 5.69 Å². The average Bonchev–Trinajstić information content (AvgIpc) is 3.23. The fraction of sp³-hybridized carbons (Fsp3) is 0.450. The van der Waals surface area contributed by atoms with Crippen molar-refractivity contribution in [2.45, 2.75) is 25.4 Å². The van der Waals surface area contributed by atoms with Gasteiger partial charge in [0.25, 0.3) is 15.9 Å². The van der Waals surface area contributed by atoms with Crippen molar-refractivity contribution in [3.05, 3.63) is 41.0 Å². The van der Waals surface area contributed by atoms with E-state index in [0.717, 1.165) is 5.69 Å². The van der Waals surface area contributed by atoms with Crippen LogP contribution in [0.5, 0.6) is 0 Å². The van der Waals surface area contributed by atoms with Gasteiger partial charge in [-0.3, -0.25) is 14.3 Å². The van der Waals surface area contributed by atoms with Gasteiger partial charge in [0.1, 0.15) is 6.54 Å². The Hall–Kier alpha value is -2.63. The minimum atomic E-state index is -4.02. The van der Waals surface area contributed by atoms with Gasteiger partial charge in [0, 0.05) is 49.6 Å². The second-order valence-corrected chi connectivity index (χ2v) is 9.35. The number of aryl methyl sites for hydroxylation is 1. The number of aromatic nitrogens is 2. The molecule has 1 amide bonds. The van der Waals surface area contributed by atoms with Crippen molar-refractivity contribution < 1.29 is 22.7 Å². The first-order valence-corrected chi connectivity index (χ1v) is 12.1. The Labute approximate surface area is 192 Å². The second-order valence-electron chi connectivity index (χ2n) is 7.06. The summed E-state index contributed by atoms with van der Waals surface area (Å²) in [7, 11) is -4.02. The number of benzene rings is 1. The predicted molar refractivity (Wildman–Crippen MR) is 119 cm³/mol. The number of carbonyl (C=O) groups is 2. The number of hydrogen-bond acceptors (Lipinski definition) is 7. The third kappa shape index (κ3) is 5.40. The van der Waals surface area contributed by atoms with Crippen molar-refractivity contribution in [2.24, 2.45) is 0 Å². The SMILES string of the molecule is CCOC(=O)CNC(=O)c1cn(CC)nc1S(=O)(=O)N1CCN(c2cccc(Cl)c2)CC1. The zero-order valence-corrected chi connectivity index (χ0v) is 19.5. The molecule has 3 rings (SSSR count). The van der Waals surface area contributed by atoms with Gasteiger partial charge in [-0.1, -0.05) is 17.7 Å². The number of anilines is 1. The number of amides is 1. The highest BCUT2D eigenvalue weighted by Gasteiger charge is 2.34. The van der Waals surface area contributed by atoms with E-state index in [2.05, 4.69) is 15.3 Å². The Kier molecular flexibility index (Phi) is 7.75. The molecule has 0 spiro atoms. The van der Waals surface area contributed by atoms with E-state index in [9.17, 15) is 18.0 Å². The molecule has 1 aliphatic heterocycles. The van der Waals surface area contributed by atoms with E-state index in [4.69, 9.17) is 16.3 Å². The van der Waals surface area contributed by atoms with E-state index >= 15 is 0 Å². The van der Waals surface area contributed by atoms with Crippen molar-refractivity contribution in [1.82, 2.24) is 19.4 Å². The molecule has 0 radical (unpaired) electrons. The number of esters is 1. The lowest BCUT2D eigenvalue weighted by Gasteiger charge is -2.35. The molecular weight excluding hydrogens is 458 g/mol. The van der Waals surface area contributed by atoms with Crippen LogP contribution in [-0.4, -0.2) is 73.7 Å². The number of nitrogens with one attached hydrogen (secondary N) is 1. The van der Waals surface area contributed by atoms with Crippen molar-refractivity contribution in [2.75, 3.05) is 44.2 Å². The van der Waals surface area contributed by atoms with E-state index in [1.165, 1.54) is 15.2 Å². The lowest BCUT2D eigenvalue weighted by molar-refractivity contribution is -0.141. The normalized spacial score (nSPS) is 14.9.